The van der Waals surface area contributed by atoms with Crippen LogP contribution in [0.25, 0.3) is 0 Å². The van der Waals surface area contributed by atoms with E-state index in [9.17, 15) is 9.59 Å². The summed E-state index contributed by atoms with van der Waals surface area (Å²) >= 11 is 6.05. The summed E-state index contributed by atoms with van der Waals surface area (Å²) in [5.41, 5.74) is 4.91. The van der Waals surface area contributed by atoms with Gasteiger partial charge in [-0.25, -0.2) is 4.90 Å². The largest absolute Gasteiger partial charge is 0.274 e. The normalized spacial score (nSPS) is 28.3. The van der Waals surface area contributed by atoms with Gasteiger partial charge in [0.25, 0.3) is 0 Å². The fourth-order valence-corrected chi connectivity index (χ4v) is 6.50. The summed E-state index contributed by atoms with van der Waals surface area (Å²) < 4.78 is 0. The molecule has 3 aliphatic carbocycles. The third-order valence-electron chi connectivity index (χ3n) is 7.44. The van der Waals surface area contributed by atoms with Gasteiger partial charge in [-0.15, -0.1) is 0 Å². The summed E-state index contributed by atoms with van der Waals surface area (Å²) in [6.45, 7) is 2.14. The number of carbonyl (C=O) groups is 2. The lowest BCUT2D eigenvalue weighted by Gasteiger charge is -2.54. The molecule has 3 aromatic rings. The lowest BCUT2D eigenvalue weighted by molar-refractivity contribution is -0.123. The molecule has 2 bridgehead atoms. The number of anilines is 1. The van der Waals surface area contributed by atoms with Crippen LogP contribution in [0, 0.1) is 11.8 Å². The van der Waals surface area contributed by atoms with E-state index in [0.717, 1.165) is 6.42 Å². The Morgan fingerprint density at radius 1 is 0.833 bits per heavy atom. The smallest absolute Gasteiger partial charge is 0.238 e. The average Bonchev–Trinajstić information content (AvgIpc) is 3.05. The number of imide groups is 1. The number of nitrogens with zero attached hydrogens (tertiary/aromatic N) is 1. The number of rotatable bonds is 2. The lowest BCUT2D eigenvalue weighted by Crippen LogP contribution is -2.53. The minimum absolute atomic E-state index is 0.0930. The maximum Gasteiger partial charge on any atom is 0.238 e. The molecule has 3 aromatic carbocycles. The Kier molecular flexibility index (Phi) is 3.61. The highest BCUT2D eigenvalue weighted by Gasteiger charge is 2.67. The number of benzene rings is 3. The maximum atomic E-state index is 13.9. The quantitative estimate of drug-likeness (QED) is 0.534. The van der Waals surface area contributed by atoms with Crippen LogP contribution in [-0.2, 0) is 15.0 Å². The summed E-state index contributed by atoms with van der Waals surface area (Å²) in [6, 6.07) is 23.7. The Morgan fingerprint density at radius 2 is 1.40 bits per heavy atom. The molecule has 0 unspecified atom stereocenters. The molecule has 3 nitrogen and oxygen atoms in total. The molecule has 4 aliphatic rings. The van der Waals surface area contributed by atoms with Gasteiger partial charge in [0.15, 0.2) is 0 Å². The van der Waals surface area contributed by atoms with Crippen molar-refractivity contribution < 1.29 is 9.59 Å². The molecule has 0 saturated carbocycles. The van der Waals surface area contributed by atoms with Crippen molar-refractivity contribution in [1.82, 2.24) is 0 Å². The molecule has 2 amide bonds. The van der Waals surface area contributed by atoms with E-state index in [-0.39, 0.29) is 29.6 Å². The van der Waals surface area contributed by atoms with Crippen molar-refractivity contribution in [2.75, 3.05) is 4.90 Å². The summed E-state index contributed by atoms with van der Waals surface area (Å²) in [5, 5.41) is 0.583. The SMILES string of the molecule is CCC12c3ccccc3C(c3ccccc31)[C@@H]1C(=O)N(c3ccc(Cl)cc3)C(=O)[C@@H]12. The van der Waals surface area contributed by atoms with Crippen molar-refractivity contribution in [2.24, 2.45) is 11.8 Å². The summed E-state index contributed by atoms with van der Waals surface area (Å²) in [4.78, 5) is 29.1. The van der Waals surface area contributed by atoms with Crippen LogP contribution in [0.1, 0.15) is 41.5 Å². The van der Waals surface area contributed by atoms with Crippen molar-refractivity contribution in [2.45, 2.75) is 24.7 Å². The molecular weight excluding hydrogens is 394 g/mol. The predicted molar refractivity (Wildman–Crippen MR) is 117 cm³/mol. The van der Waals surface area contributed by atoms with Gasteiger partial charge in [0.2, 0.25) is 11.8 Å². The fraction of sp³-hybridized carbons (Fsp3) is 0.231. The van der Waals surface area contributed by atoms with Crippen molar-refractivity contribution in [1.29, 1.82) is 0 Å². The Bertz CT molecular complexity index is 1170. The molecule has 1 heterocycles. The van der Waals surface area contributed by atoms with Gasteiger partial charge in [-0.3, -0.25) is 9.59 Å². The average molecular weight is 414 g/mol. The van der Waals surface area contributed by atoms with E-state index in [2.05, 4.69) is 31.2 Å². The zero-order valence-electron chi connectivity index (χ0n) is 16.5. The highest BCUT2D eigenvalue weighted by atomic mass is 35.5. The first kappa shape index (κ1) is 17.9. The summed E-state index contributed by atoms with van der Waals surface area (Å²) in [7, 11) is 0. The first-order chi connectivity index (χ1) is 14.6. The highest BCUT2D eigenvalue weighted by molar-refractivity contribution is 6.31. The van der Waals surface area contributed by atoms with Gasteiger partial charge in [-0.05, 0) is 52.9 Å². The number of hydrogen-bond donors (Lipinski definition) is 0. The Labute approximate surface area is 180 Å². The van der Waals surface area contributed by atoms with Gasteiger partial charge >= 0.3 is 0 Å². The van der Waals surface area contributed by atoms with Crippen LogP contribution < -0.4 is 4.90 Å². The standard InChI is InChI=1S/C26H20ClNO2/c1-2-26-19-9-5-3-7-17(19)21(18-8-4-6-10-20(18)26)22-23(26)25(30)28(24(22)29)16-13-11-15(27)12-14-16/h3-14,21-23H,2H2,1H3/t21?,22-,23+,26?/m0/s1. The van der Waals surface area contributed by atoms with Crippen molar-refractivity contribution in [3.8, 4) is 0 Å². The molecule has 0 radical (unpaired) electrons. The molecule has 1 fully saturated rings. The van der Waals surface area contributed by atoms with Crippen LogP contribution in [0.2, 0.25) is 5.02 Å². The Balaban J connectivity index is 1.63. The molecule has 0 aromatic heterocycles. The van der Waals surface area contributed by atoms with Crippen LogP contribution >= 0.6 is 11.6 Å². The minimum Gasteiger partial charge on any atom is -0.274 e. The van der Waals surface area contributed by atoms with Crippen molar-refractivity contribution >= 4 is 29.1 Å². The molecule has 7 rings (SSSR count). The molecule has 4 heteroatoms. The van der Waals surface area contributed by atoms with E-state index < -0.39 is 5.41 Å². The Hall–Kier alpha value is -2.91. The zero-order chi connectivity index (χ0) is 20.6. The highest BCUT2D eigenvalue weighted by Crippen LogP contribution is 2.65. The van der Waals surface area contributed by atoms with Crippen LogP contribution in [-0.4, -0.2) is 11.8 Å². The van der Waals surface area contributed by atoms with Gasteiger partial charge < -0.3 is 0 Å². The van der Waals surface area contributed by atoms with Crippen molar-refractivity contribution in [3.63, 3.8) is 0 Å². The first-order valence-corrected chi connectivity index (χ1v) is 10.8. The van der Waals surface area contributed by atoms with Gasteiger partial charge in [0, 0.05) is 16.4 Å². The van der Waals surface area contributed by atoms with E-state index in [1.165, 1.54) is 27.2 Å². The predicted octanol–water partition coefficient (Wildman–Crippen LogP) is 5.30. The number of hydrogen-bond acceptors (Lipinski definition) is 2. The van der Waals surface area contributed by atoms with Gasteiger partial charge in [0.05, 0.1) is 17.5 Å². The van der Waals surface area contributed by atoms with E-state index in [4.69, 9.17) is 11.6 Å². The van der Waals surface area contributed by atoms with Gasteiger partial charge in [0.1, 0.15) is 0 Å². The molecule has 2 atom stereocenters. The molecule has 148 valence electrons. The first-order valence-electron chi connectivity index (χ1n) is 10.4. The maximum absolute atomic E-state index is 13.9. The Morgan fingerprint density at radius 3 is 1.97 bits per heavy atom. The second-order valence-corrected chi connectivity index (χ2v) is 8.91. The van der Waals surface area contributed by atoms with Crippen LogP contribution in [0.15, 0.2) is 72.8 Å². The van der Waals surface area contributed by atoms with E-state index in [1.54, 1.807) is 24.3 Å². The third-order valence-corrected chi connectivity index (χ3v) is 7.69. The second-order valence-electron chi connectivity index (χ2n) is 8.47. The van der Waals surface area contributed by atoms with Crippen LogP contribution in [0.3, 0.4) is 0 Å². The van der Waals surface area contributed by atoms with E-state index in [0.29, 0.717) is 10.7 Å². The molecule has 0 spiro atoms. The fourth-order valence-electron chi connectivity index (χ4n) is 6.37. The molecule has 30 heavy (non-hydrogen) atoms. The minimum atomic E-state index is -0.486. The monoisotopic (exact) mass is 413 g/mol. The molecule has 0 N–H and O–H groups in total. The zero-order valence-corrected chi connectivity index (χ0v) is 17.3. The van der Waals surface area contributed by atoms with Crippen LogP contribution in [0.4, 0.5) is 5.69 Å². The molecular formula is C26H20ClNO2. The summed E-state index contributed by atoms with van der Waals surface area (Å²) in [6.07, 6.45) is 0.766. The molecule has 1 aliphatic heterocycles. The topological polar surface area (TPSA) is 37.4 Å². The van der Waals surface area contributed by atoms with Gasteiger partial charge in [-0.2, -0.15) is 0 Å². The number of amides is 2. The van der Waals surface area contributed by atoms with Gasteiger partial charge in [-0.1, -0.05) is 67.1 Å². The number of carbonyl (C=O) groups excluding carboxylic acids is 2. The lowest BCUT2D eigenvalue weighted by atomic mass is 9.46. The van der Waals surface area contributed by atoms with E-state index >= 15 is 0 Å². The van der Waals surface area contributed by atoms with Crippen LogP contribution in [0.5, 0.6) is 0 Å². The second kappa shape index (κ2) is 6.05. The summed E-state index contributed by atoms with van der Waals surface area (Å²) in [5.74, 6) is -1.05. The molecule has 1 saturated heterocycles. The van der Waals surface area contributed by atoms with E-state index in [1.807, 2.05) is 24.3 Å². The number of halogens is 1. The van der Waals surface area contributed by atoms with Crippen molar-refractivity contribution in [3.05, 3.63) is 100 Å². The third kappa shape index (κ3) is 1.96.